The molecule has 6 nitrogen and oxygen atoms in total. The summed E-state index contributed by atoms with van der Waals surface area (Å²) in [5.41, 5.74) is 4.20. The van der Waals surface area contributed by atoms with Gasteiger partial charge in [-0.15, -0.1) is 10.2 Å². The fraction of sp³-hybridized carbons (Fsp3) is 0.0800. The lowest BCUT2D eigenvalue weighted by atomic mass is 10.0. The standard InChI is InChI=1S/C25H20N2O4/c1-29-22-14-12-20(16-23(22)30-2)25(28)31-24-15-13-21(26-27-24)19-10-8-18(9-11-19)17-6-4-3-5-7-17/h3-16H,1-2H3. The Balaban J connectivity index is 1.46. The smallest absolute Gasteiger partial charge is 0.345 e. The second kappa shape index (κ2) is 9.09. The van der Waals surface area contributed by atoms with E-state index in [1.807, 2.05) is 42.5 Å². The molecule has 0 bridgehead atoms. The number of benzene rings is 3. The van der Waals surface area contributed by atoms with Crippen molar-refractivity contribution in [1.82, 2.24) is 10.2 Å². The summed E-state index contributed by atoms with van der Waals surface area (Å²) in [6.45, 7) is 0. The molecule has 0 saturated carbocycles. The molecule has 0 aliphatic carbocycles. The molecule has 0 radical (unpaired) electrons. The van der Waals surface area contributed by atoms with Gasteiger partial charge in [-0.2, -0.15) is 0 Å². The van der Waals surface area contributed by atoms with Crippen molar-refractivity contribution >= 4 is 5.97 Å². The van der Waals surface area contributed by atoms with Crippen LogP contribution in [0.25, 0.3) is 22.4 Å². The van der Waals surface area contributed by atoms with Gasteiger partial charge in [0.05, 0.1) is 25.5 Å². The Labute approximate surface area is 180 Å². The van der Waals surface area contributed by atoms with E-state index in [-0.39, 0.29) is 5.88 Å². The van der Waals surface area contributed by atoms with Crippen molar-refractivity contribution in [3.05, 3.63) is 90.5 Å². The molecular formula is C25H20N2O4. The molecule has 0 atom stereocenters. The Morgan fingerprint density at radius 1 is 0.677 bits per heavy atom. The maximum atomic E-state index is 12.4. The number of hydrogen-bond donors (Lipinski definition) is 0. The van der Waals surface area contributed by atoms with E-state index in [1.54, 1.807) is 30.3 Å². The highest BCUT2D eigenvalue weighted by atomic mass is 16.5. The van der Waals surface area contributed by atoms with Crippen LogP contribution in [0.3, 0.4) is 0 Å². The Morgan fingerprint density at radius 3 is 2.00 bits per heavy atom. The molecule has 0 N–H and O–H groups in total. The highest BCUT2D eigenvalue weighted by Crippen LogP contribution is 2.28. The second-order valence-corrected chi connectivity index (χ2v) is 6.66. The number of aromatic nitrogens is 2. The molecule has 3 aromatic carbocycles. The van der Waals surface area contributed by atoms with Gasteiger partial charge < -0.3 is 14.2 Å². The van der Waals surface area contributed by atoms with Gasteiger partial charge in [-0.1, -0.05) is 54.6 Å². The highest BCUT2D eigenvalue weighted by Gasteiger charge is 2.14. The topological polar surface area (TPSA) is 70.5 Å². The molecule has 1 heterocycles. The van der Waals surface area contributed by atoms with E-state index in [2.05, 4.69) is 22.3 Å². The first-order valence-electron chi connectivity index (χ1n) is 9.62. The summed E-state index contributed by atoms with van der Waals surface area (Å²) in [5, 5.41) is 8.22. The van der Waals surface area contributed by atoms with Gasteiger partial charge in [-0.3, -0.25) is 0 Å². The Bertz CT molecular complexity index is 1170. The number of rotatable bonds is 6. The van der Waals surface area contributed by atoms with Gasteiger partial charge in [0.1, 0.15) is 0 Å². The zero-order chi connectivity index (χ0) is 21.6. The Hall–Kier alpha value is -4.19. The molecule has 0 unspecified atom stereocenters. The van der Waals surface area contributed by atoms with Crippen LogP contribution in [-0.2, 0) is 0 Å². The number of esters is 1. The van der Waals surface area contributed by atoms with Crippen LogP contribution >= 0.6 is 0 Å². The molecule has 0 fully saturated rings. The van der Waals surface area contributed by atoms with Crippen molar-refractivity contribution in [2.45, 2.75) is 0 Å². The van der Waals surface area contributed by atoms with Gasteiger partial charge in [-0.25, -0.2) is 4.79 Å². The molecule has 4 aromatic rings. The molecule has 31 heavy (non-hydrogen) atoms. The quantitative estimate of drug-likeness (QED) is 0.413. The first-order valence-corrected chi connectivity index (χ1v) is 9.62. The molecule has 0 spiro atoms. The van der Waals surface area contributed by atoms with Crippen LogP contribution < -0.4 is 14.2 Å². The SMILES string of the molecule is COc1ccc(C(=O)Oc2ccc(-c3ccc(-c4ccccc4)cc3)nn2)cc1OC. The summed E-state index contributed by atoms with van der Waals surface area (Å²) >= 11 is 0. The first-order chi connectivity index (χ1) is 15.2. The van der Waals surface area contributed by atoms with E-state index >= 15 is 0 Å². The summed E-state index contributed by atoms with van der Waals surface area (Å²) in [7, 11) is 3.03. The van der Waals surface area contributed by atoms with Crippen LogP contribution in [0.1, 0.15) is 10.4 Å². The van der Waals surface area contributed by atoms with Crippen LogP contribution in [0, 0.1) is 0 Å². The van der Waals surface area contributed by atoms with E-state index in [0.717, 1.165) is 16.7 Å². The predicted octanol–water partition coefficient (Wildman–Crippen LogP) is 5.05. The molecule has 6 heteroatoms. The second-order valence-electron chi connectivity index (χ2n) is 6.66. The number of methoxy groups -OCH3 is 2. The minimum absolute atomic E-state index is 0.115. The largest absolute Gasteiger partial charge is 0.493 e. The third-order valence-electron chi connectivity index (χ3n) is 4.74. The molecule has 0 aliphatic rings. The molecule has 0 aliphatic heterocycles. The lowest BCUT2D eigenvalue weighted by Gasteiger charge is -2.09. The van der Waals surface area contributed by atoms with Crippen molar-refractivity contribution in [2.24, 2.45) is 0 Å². The zero-order valence-corrected chi connectivity index (χ0v) is 17.1. The Morgan fingerprint density at radius 2 is 1.35 bits per heavy atom. The van der Waals surface area contributed by atoms with Gasteiger partial charge >= 0.3 is 5.97 Å². The van der Waals surface area contributed by atoms with Crippen LogP contribution in [0.5, 0.6) is 17.4 Å². The van der Waals surface area contributed by atoms with Crippen molar-refractivity contribution in [3.63, 3.8) is 0 Å². The number of hydrogen-bond acceptors (Lipinski definition) is 6. The first kappa shape index (κ1) is 20.1. The molecule has 1 aromatic heterocycles. The van der Waals surface area contributed by atoms with Crippen molar-refractivity contribution in [3.8, 4) is 39.8 Å². The van der Waals surface area contributed by atoms with Gasteiger partial charge in [0, 0.05) is 11.6 Å². The van der Waals surface area contributed by atoms with Crippen LogP contribution in [-0.4, -0.2) is 30.4 Å². The van der Waals surface area contributed by atoms with E-state index in [1.165, 1.54) is 14.2 Å². The number of carbonyl (C=O) groups excluding carboxylic acids is 1. The average molecular weight is 412 g/mol. The average Bonchev–Trinajstić information content (AvgIpc) is 2.84. The monoisotopic (exact) mass is 412 g/mol. The maximum absolute atomic E-state index is 12.4. The number of carbonyl (C=O) groups is 1. The van der Waals surface area contributed by atoms with Crippen molar-refractivity contribution in [1.29, 1.82) is 0 Å². The number of nitrogens with zero attached hydrogens (tertiary/aromatic N) is 2. The minimum Gasteiger partial charge on any atom is -0.493 e. The molecule has 0 amide bonds. The van der Waals surface area contributed by atoms with E-state index in [9.17, 15) is 4.79 Å². The van der Waals surface area contributed by atoms with E-state index in [0.29, 0.717) is 22.8 Å². The van der Waals surface area contributed by atoms with Crippen molar-refractivity contribution < 1.29 is 19.0 Å². The van der Waals surface area contributed by atoms with Crippen LogP contribution in [0.15, 0.2) is 84.9 Å². The van der Waals surface area contributed by atoms with Crippen molar-refractivity contribution in [2.75, 3.05) is 14.2 Å². The summed E-state index contributed by atoms with van der Waals surface area (Å²) < 4.78 is 15.7. The summed E-state index contributed by atoms with van der Waals surface area (Å²) in [6.07, 6.45) is 0. The maximum Gasteiger partial charge on any atom is 0.345 e. The van der Waals surface area contributed by atoms with Gasteiger partial charge in [0.25, 0.3) is 0 Å². The summed E-state index contributed by atoms with van der Waals surface area (Å²) in [5.74, 6) is 0.526. The minimum atomic E-state index is -0.560. The van der Waals surface area contributed by atoms with E-state index in [4.69, 9.17) is 14.2 Å². The molecule has 0 saturated heterocycles. The lowest BCUT2D eigenvalue weighted by molar-refractivity contribution is 0.0725. The van der Waals surface area contributed by atoms with Crippen LogP contribution in [0.2, 0.25) is 0 Å². The Kier molecular flexibility index (Phi) is 5.89. The zero-order valence-electron chi connectivity index (χ0n) is 17.1. The van der Waals surface area contributed by atoms with Gasteiger partial charge in [-0.05, 0) is 35.4 Å². The van der Waals surface area contributed by atoms with Crippen LogP contribution in [0.4, 0.5) is 0 Å². The lowest BCUT2D eigenvalue weighted by Crippen LogP contribution is -2.10. The molecule has 4 rings (SSSR count). The fourth-order valence-electron chi connectivity index (χ4n) is 3.11. The van der Waals surface area contributed by atoms with E-state index < -0.39 is 5.97 Å². The van der Waals surface area contributed by atoms with Gasteiger partial charge in [0.2, 0.25) is 5.88 Å². The molecular weight excluding hydrogens is 392 g/mol. The fourth-order valence-corrected chi connectivity index (χ4v) is 3.11. The van der Waals surface area contributed by atoms with Gasteiger partial charge in [0.15, 0.2) is 11.5 Å². The normalized spacial score (nSPS) is 10.4. The third kappa shape index (κ3) is 4.53. The number of ether oxygens (including phenoxy) is 3. The third-order valence-corrected chi connectivity index (χ3v) is 4.74. The molecule has 154 valence electrons. The summed E-state index contributed by atoms with van der Waals surface area (Å²) in [4.78, 5) is 12.4. The highest BCUT2D eigenvalue weighted by molar-refractivity contribution is 5.91. The summed E-state index contributed by atoms with van der Waals surface area (Å²) in [6, 6.07) is 26.4. The predicted molar refractivity (Wildman–Crippen MR) is 117 cm³/mol.